The van der Waals surface area contributed by atoms with Gasteiger partial charge in [-0.25, -0.2) is 5.84 Å². The van der Waals surface area contributed by atoms with E-state index in [4.69, 9.17) is 46.4 Å². The molecule has 1 aliphatic heterocycles. The molecule has 0 saturated heterocycles. The number of aromatic nitrogens is 1. The van der Waals surface area contributed by atoms with Gasteiger partial charge in [-0.2, -0.15) is 0 Å². The van der Waals surface area contributed by atoms with Crippen LogP contribution in [-0.4, -0.2) is 34.4 Å². The highest BCUT2D eigenvalue weighted by Crippen LogP contribution is 2.38. The summed E-state index contributed by atoms with van der Waals surface area (Å²) in [6.45, 7) is 3.85. The van der Waals surface area contributed by atoms with Crippen molar-refractivity contribution in [3.05, 3.63) is 71.2 Å². The van der Waals surface area contributed by atoms with Crippen LogP contribution in [0.5, 0.6) is 0 Å². The molecule has 0 saturated carbocycles. The van der Waals surface area contributed by atoms with Crippen LogP contribution in [0.3, 0.4) is 0 Å². The number of halogens is 3. The Morgan fingerprint density at radius 2 is 1.90 bits per heavy atom. The van der Waals surface area contributed by atoms with Gasteiger partial charge in [0.1, 0.15) is 0 Å². The number of H-pyrrole nitrogens is 1. The summed E-state index contributed by atoms with van der Waals surface area (Å²) in [5, 5.41) is 2.26. The van der Waals surface area contributed by atoms with Gasteiger partial charge in [-0.15, -0.1) is 0 Å². The smallest absolute Gasteiger partial charge is 0.256 e. The second kappa shape index (κ2) is 8.51. The molecule has 3 rings (SSSR count). The molecule has 0 radical (unpaired) electrons. The Morgan fingerprint density at radius 3 is 2.47 bits per heavy atom. The Kier molecular flexibility index (Phi) is 6.38. The fraction of sp³-hybridized carbons (Fsp3) is 0.300. The molecule has 1 aliphatic rings. The van der Waals surface area contributed by atoms with Crippen molar-refractivity contribution in [3.8, 4) is 0 Å². The van der Waals surface area contributed by atoms with E-state index in [2.05, 4.69) is 4.98 Å². The molecule has 0 fully saturated rings. The summed E-state index contributed by atoms with van der Waals surface area (Å²) >= 11 is 19.4. The fourth-order valence-corrected chi connectivity index (χ4v) is 4.60. The molecule has 5 N–H and O–H groups in total. The average Bonchev–Trinajstić information content (AvgIpc) is 2.62. The lowest BCUT2D eigenvalue weighted by molar-refractivity contribution is 0.0726. The Balaban J connectivity index is 2.09. The average molecular weight is 471 g/mol. The minimum atomic E-state index is -0.338. The number of nitrogens with one attached hydrogen (secondary N) is 1. The van der Waals surface area contributed by atoms with E-state index in [9.17, 15) is 9.59 Å². The van der Waals surface area contributed by atoms with Gasteiger partial charge in [0.15, 0.2) is 0 Å². The van der Waals surface area contributed by atoms with Gasteiger partial charge < -0.3 is 20.6 Å². The van der Waals surface area contributed by atoms with Crippen molar-refractivity contribution in [1.82, 2.24) is 14.9 Å². The first-order valence-electron chi connectivity index (χ1n) is 9.16. The van der Waals surface area contributed by atoms with Crippen LogP contribution in [0.25, 0.3) is 5.70 Å². The first-order valence-corrected chi connectivity index (χ1v) is 10.3. The summed E-state index contributed by atoms with van der Waals surface area (Å²) in [5.41, 5.74) is 8.91. The van der Waals surface area contributed by atoms with Crippen LogP contribution in [0.15, 0.2) is 22.6 Å². The molecule has 160 valence electrons. The van der Waals surface area contributed by atoms with Gasteiger partial charge in [-0.1, -0.05) is 34.8 Å². The topological polar surface area (TPSA) is 108 Å². The molecule has 1 aromatic heterocycles. The van der Waals surface area contributed by atoms with Gasteiger partial charge in [-0.05, 0) is 38.0 Å². The van der Waals surface area contributed by atoms with Crippen LogP contribution in [0.4, 0.5) is 0 Å². The van der Waals surface area contributed by atoms with E-state index in [1.54, 1.807) is 33.0 Å². The molecular formula is C20H22Cl3N5O2. The monoisotopic (exact) mass is 469 g/mol. The van der Waals surface area contributed by atoms with Crippen LogP contribution in [0, 0.1) is 6.92 Å². The third kappa shape index (κ3) is 4.03. The van der Waals surface area contributed by atoms with Crippen molar-refractivity contribution in [2.75, 3.05) is 13.6 Å². The lowest BCUT2D eigenvalue weighted by atomic mass is 9.94. The lowest BCUT2D eigenvalue weighted by Crippen LogP contribution is -2.39. The SMILES string of the molecule is C/C(N)=C(\c1cc(Cl)c2c(c1Cl)C(=O)N(Cc1c(Cl)cc(C)[nH]c1=O)CC2)N(C)N. The Hall–Kier alpha value is -2.19. The number of benzene rings is 1. The summed E-state index contributed by atoms with van der Waals surface area (Å²) in [7, 11) is 1.62. The lowest BCUT2D eigenvalue weighted by Gasteiger charge is -2.31. The predicted molar refractivity (Wildman–Crippen MR) is 120 cm³/mol. The zero-order valence-electron chi connectivity index (χ0n) is 16.8. The quantitative estimate of drug-likeness (QED) is 0.469. The number of hydrogen-bond donors (Lipinski definition) is 3. The van der Waals surface area contributed by atoms with Crippen LogP contribution in [0.2, 0.25) is 15.1 Å². The van der Waals surface area contributed by atoms with Crippen LogP contribution < -0.4 is 17.1 Å². The molecule has 0 bridgehead atoms. The van der Waals surface area contributed by atoms with E-state index in [1.165, 1.54) is 9.91 Å². The molecule has 0 atom stereocenters. The van der Waals surface area contributed by atoms with Gasteiger partial charge in [-0.3, -0.25) is 9.59 Å². The number of carbonyl (C=O) groups excluding carboxylic acids is 1. The van der Waals surface area contributed by atoms with E-state index >= 15 is 0 Å². The number of nitrogens with zero attached hydrogens (tertiary/aromatic N) is 2. The number of carbonyl (C=O) groups is 1. The molecule has 7 nitrogen and oxygen atoms in total. The van der Waals surface area contributed by atoms with Gasteiger partial charge in [0, 0.05) is 35.6 Å². The molecule has 1 aromatic carbocycles. The van der Waals surface area contributed by atoms with Crippen LogP contribution in [-0.2, 0) is 13.0 Å². The van der Waals surface area contributed by atoms with Crippen molar-refractivity contribution in [1.29, 1.82) is 0 Å². The number of fused-ring (bicyclic) bond motifs is 1. The van der Waals surface area contributed by atoms with Crippen molar-refractivity contribution in [3.63, 3.8) is 0 Å². The Morgan fingerprint density at radius 1 is 1.23 bits per heavy atom. The number of nitrogens with two attached hydrogens (primary N) is 2. The van der Waals surface area contributed by atoms with Crippen LogP contribution >= 0.6 is 34.8 Å². The molecule has 0 aliphatic carbocycles. The van der Waals surface area contributed by atoms with Gasteiger partial charge >= 0.3 is 0 Å². The largest absolute Gasteiger partial charge is 0.401 e. The maximum atomic E-state index is 13.3. The predicted octanol–water partition coefficient (Wildman–Crippen LogP) is 3.29. The Bertz CT molecular complexity index is 1120. The van der Waals surface area contributed by atoms with Crippen molar-refractivity contribution in [2.24, 2.45) is 11.6 Å². The second-order valence-corrected chi connectivity index (χ2v) is 8.49. The van der Waals surface area contributed by atoms with E-state index in [-0.39, 0.29) is 28.6 Å². The fourth-order valence-electron chi connectivity index (χ4n) is 3.66. The standard InChI is InChI=1S/C20H22Cl3N5O2/c1-9-6-14(21)13(19(29)26-9)8-28-5-4-11-15(22)7-12(17(23)16(11)20(28)30)18(10(2)24)27(3)25/h6-7H,4-5,8,24-25H2,1-3H3,(H,26,29)/b18-10-. The van der Waals surface area contributed by atoms with Gasteiger partial charge in [0.2, 0.25) is 0 Å². The van der Waals surface area contributed by atoms with Crippen molar-refractivity contribution >= 4 is 46.4 Å². The van der Waals surface area contributed by atoms with Crippen LogP contribution in [0.1, 0.15) is 39.7 Å². The molecule has 10 heteroatoms. The zero-order chi connectivity index (χ0) is 22.3. The van der Waals surface area contributed by atoms with Gasteiger partial charge in [0.25, 0.3) is 11.5 Å². The number of rotatable bonds is 4. The number of aryl methyl sites for hydroxylation is 1. The molecule has 0 spiro atoms. The summed E-state index contributed by atoms with van der Waals surface area (Å²) in [5.74, 6) is 5.58. The molecule has 2 heterocycles. The Labute approximate surface area is 189 Å². The number of hydrogen-bond acceptors (Lipinski definition) is 5. The van der Waals surface area contributed by atoms with E-state index in [1.807, 2.05) is 0 Å². The summed E-state index contributed by atoms with van der Waals surface area (Å²) in [6, 6.07) is 3.32. The highest BCUT2D eigenvalue weighted by molar-refractivity contribution is 6.38. The number of allylic oxidation sites excluding steroid dienone is 1. The van der Waals surface area contributed by atoms with Gasteiger partial charge in [0.05, 0.1) is 33.4 Å². The first-order chi connectivity index (χ1) is 14.0. The van der Waals surface area contributed by atoms with Crippen molar-refractivity contribution in [2.45, 2.75) is 26.8 Å². The minimum absolute atomic E-state index is 0.0559. The molecule has 1 amide bonds. The maximum absolute atomic E-state index is 13.3. The second-order valence-electron chi connectivity index (χ2n) is 7.30. The number of pyridine rings is 1. The number of aromatic amines is 1. The normalized spacial score (nSPS) is 14.5. The summed E-state index contributed by atoms with van der Waals surface area (Å²) in [4.78, 5) is 29.9. The van der Waals surface area contributed by atoms with Crippen molar-refractivity contribution < 1.29 is 4.79 Å². The third-order valence-corrected chi connectivity index (χ3v) is 6.06. The van der Waals surface area contributed by atoms with E-state index in [0.29, 0.717) is 56.8 Å². The molecule has 2 aromatic rings. The minimum Gasteiger partial charge on any atom is -0.401 e. The summed E-state index contributed by atoms with van der Waals surface area (Å²) < 4.78 is 0. The summed E-state index contributed by atoms with van der Waals surface area (Å²) in [6.07, 6.45) is 0.487. The zero-order valence-corrected chi connectivity index (χ0v) is 19.0. The molecule has 30 heavy (non-hydrogen) atoms. The van der Waals surface area contributed by atoms with E-state index < -0.39 is 0 Å². The highest BCUT2D eigenvalue weighted by Gasteiger charge is 2.32. The maximum Gasteiger partial charge on any atom is 0.256 e. The number of amides is 1. The number of hydrazine groups is 1. The molecular weight excluding hydrogens is 449 g/mol. The van der Waals surface area contributed by atoms with E-state index in [0.717, 1.165) is 0 Å². The molecule has 0 unspecified atom stereocenters. The first kappa shape index (κ1) is 22.5. The highest BCUT2D eigenvalue weighted by atomic mass is 35.5. The third-order valence-electron chi connectivity index (χ3n) is 5.00.